The van der Waals surface area contributed by atoms with E-state index in [4.69, 9.17) is 0 Å². The smallest absolute Gasteiger partial charge is 0.330 e. The molecule has 0 aromatic heterocycles. The van der Waals surface area contributed by atoms with Gasteiger partial charge in [-0.15, -0.1) is 0 Å². The lowest BCUT2D eigenvalue weighted by Gasteiger charge is -2.21. The Balaban J connectivity index is 3.89. The van der Waals surface area contributed by atoms with Crippen LogP contribution in [0.1, 0.15) is 26.7 Å². The monoisotopic (exact) mass is 246 g/mol. The van der Waals surface area contributed by atoms with Gasteiger partial charge in [-0.3, -0.25) is 0 Å². The van der Waals surface area contributed by atoms with E-state index >= 15 is 0 Å². The van der Waals surface area contributed by atoms with Crippen molar-refractivity contribution in [2.75, 3.05) is 13.2 Å². The van der Waals surface area contributed by atoms with E-state index in [1.807, 2.05) is 13.8 Å². The lowest BCUT2D eigenvalue weighted by molar-refractivity contribution is -0.172. The molecule has 1 unspecified atom stereocenters. The second-order valence-corrected chi connectivity index (χ2v) is 3.72. The van der Waals surface area contributed by atoms with Crippen molar-refractivity contribution in [3.05, 3.63) is 0 Å². The summed E-state index contributed by atoms with van der Waals surface area (Å²) < 4.78 is 52.7. The zero-order valence-electron chi connectivity index (χ0n) is 9.43. The fourth-order valence-electron chi connectivity index (χ4n) is 1.35. The number of halogens is 4. The molecule has 0 aromatic carbocycles. The molecule has 0 heterocycles. The molecule has 0 bridgehead atoms. The van der Waals surface area contributed by atoms with E-state index in [1.165, 1.54) is 0 Å². The summed E-state index contributed by atoms with van der Waals surface area (Å²) in [6.45, 7) is 2.01. The number of rotatable bonds is 8. The molecule has 0 aliphatic carbocycles. The van der Waals surface area contributed by atoms with Gasteiger partial charge in [-0.1, -0.05) is 26.7 Å². The van der Waals surface area contributed by atoms with E-state index in [2.05, 4.69) is 4.74 Å². The Kier molecular flexibility index (Phi) is 6.90. The minimum Gasteiger partial charge on any atom is -0.390 e. The average molecular weight is 246 g/mol. The quantitative estimate of drug-likeness (QED) is 0.667. The van der Waals surface area contributed by atoms with Gasteiger partial charge >= 0.3 is 12.3 Å². The molecule has 98 valence electrons. The van der Waals surface area contributed by atoms with Crippen LogP contribution in [-0.2, 0) is 4.74 Å². The van der Waals surface area contributed by atoms with Gasteiger partial charge in [-0.25, -0.2) is 8.78 Å². The van der Waals surface area contributed by atoms with E-state index in [0.717, 1.165) is 0 Å². The largest absolute Gasteiger partial charge is 0.390 e. The number of aliphatic hydroxyl groups is 1. The number of aliphatic hydroxyl groups excluding tert-OH is 1. The van der Waals surface area contributed by atoms with Gasteiger partial charge in [0.2, 0.25) is 0 Å². The predicted molar refractivity (Wildman–Crippen MR) is 51.8 cm³/mol. The molecule has 0 spiro atoms. The fraction of sp³-hybridized carbons (Fsp3) is 1.00. The lowest BCUT2D eigenvalue weighted by Crippen LogP contribution is -2.35. The maximum atomic E-state index is 12.4. The van der Waals surface area contributed by atoms with E-state index in [1.54, 1.807) is 0 Å². The molecule has 0 rings (SSSR count). The van der Waals surface area contributed by atoms with Crippen molar-refractivity contribution in [2.24, 2.45) is 5.92 Å². The molecule has 0 radical (unpaired) electrons. The molecule has 0 aliphatic heterocycles. The second kappa shape index (κ2) is 7.06. The Bertz CT molecular complexity index is 184. The van der Waals surface area contributed by atoms with E-state index in [9.17, 15) is 22.7 Å². The molecule has 0 aromatic rings. The highest BCUT2D eigenvalue weighted by Gasteiger charge is 2.41. The maximum Gasteiger partial charge on any atom is 0.330 e. The molecular weight excluding hydrogens is 228 g/mol. The summed E-state index contributed by atoms with van der Waals surface area (Å²) in [4.78, 5) is 0. The zero-order chi connectivity index (χ0) is 12.8. The molecule has 0 saturated heterocycles. The minimum atomic E-state index is -4.15. The van der Waals surface area contributed by atoms with Gasteiger partial charge < -0.3 is 9.84 Å². The molecule has 0 amide bonds. The highest BCUT2D eigenvalue weighted by Crippen LogP contribution is 2.23. The van der Waals surface area contributed by atoms with Gasteiger partial charge in [0.25, 0.3) is 0 Å². The van der Waals surface area contributed by atoms with Gasteiger partial charge in [0, 0.05) is 0 Å². The SMILES string of the molecule is CCC(CC)C(O)COCC(F)(F)C(F)F. The molecule has 6 heteroatoms. The summed E-state index contributed by atoms with van der Waals surface area (Å²) in [5.74, 6) is -4.20. The summed E-state index contributed by atoms with van der Waals surface area (Å²) in [5, 5.41) is 9.49. The normalized spacial score (nSPS) is 14.8. The molecule has 0 saturated carbocycles. The van der Waals surface area contributed by atoms with Gasteiger partial charge in [-0.2, -0.15) is 8.78 Å². The molecule has 0 aliphatic rings. The molecule has 0 fully saturated rings. The van der Waals surface area contributed by atoms with Gasteiger partial charge in [-0.05, 0) is 5.92 Å². The van der Waals surface area contributed by atoms with Crippen molar-refractivity contribution < 1.29 is 27.4 Å². The number of hydrogen-bond acceptors (Lipinski definition) is 2. The summed E-state index contributed by atoms with van der Waals surface area (Å²) in [6.07, 6.45) is -3.25. The van der Waals surface area contributed by atoms with E-state index < -0.39 is 25.1 Å². The number of alkyl halides is 4. The predicted octanol–water partition coefficient (Wildman–Crippen LogP) is 2.70. The second-order valence-electron chi connectivity index (χ2n) is 3.72. The highest BCUT2D eigenvalue weighted by molar-refractivity contribution is 4.70. The molecular formula is C10H18F4O2. The minimum absolute atomic E-state index is 0.0554. The van der Waals surface area contributed by atoms with Crippen LogP contribution in [0, 0.1) is 5.92 Å². The van der Waals surface area contributed by atoms with Crippen molar-refractivity contribution in [1.82, 2.24) is 0 Å². The first-order valence-corrected chi connectivity index (χ1v) is 5.26. The Morgan fingerprint density at radius 2 is 1.69 bits per heavy atom. The topological polar surface area (TPSA) is 29.5 Å². The highest BCUT2D eigenvalue weighted by atomic mass is 19.3. The van der Waals surface area contributed by atoms with Crippen LogP contribution < -0.4 is 0 Å². The molecule has 2 nitrogen and oxygen atoms in total. The Morgan fingerprint density at radius 1 is 1.19 bits per heavy atom. The van der Waals surface area contributed by atoms with Crippen molar-refractivity contribution in [3.8, 4) is 0 Å². The summed E-state index contributed by atoms with van der Waals surface area (Å²) in [6, 6.07) is 0. The van der Waals surface area contributed by atoms with Gasteiger partial charge in [0.15, 0.2) is 0 Å². The van der Waals surface area contributed by atoms with Crippen LogP contribution in [0.15, 0.2) is 0 Å². The van der Waals surface area contributed by atoms with Crippen LogP contribution >= 0.6 is 0 Å². The van der Waals surface area contributed by atoms with Crippen molar-refractivity contribution in [1.29, 1.82) is 0 Å². The number of hydrogen-bond donors (Lipinski definition) is 1. The van der Waals surface area contributed by atoms with Crippen LogP contribution in [0.2, 0.25) is 0 Å². The van der Waals surface area contributed by atoms with Crippen molar-refractivity contribution in [2.45, 2.75) is 45.1 Å². The van der Waals surface area contributed by atoms with Crippen LogP contribution in [0.5, 0.6) is 0 Å². The first kappa shape index (κ1) is 15.6. The standard InChI is InChI=1S/C10H18F4O2/c1-3-7(4-2)8(15)5-16-6-10(13,14)9(11)12/h7-9,15H,3-6H2,1-2H3. The van der Waals surface area contributed by atoms with Crippen LogP contribution in [0.3, 0.4) is 0 Å². The third-order valence-corrected chi connectivity index (χ3v) is 2.50. The third kappa shape index (κ3) is 5.12. The zero-order valence-corrected chi connectivity index (χ0v) is 9.43. The maximum absolute atomic E-state index is 12.4. The average Bonchev–Trinajstić information content (AvgIpc) is 2.19. The van der Waals surface area contributed by atoms with Crippen LogP contribution in [0.4, 0.5) is 17.6 Å². The Hall–Kier alpha value is -0.360. The summed E-state index contributed by atoms with van der Waals surface area (Å²) in [5.41, 5.74) is 0. The summed E-state index contributed by atoms with van der Waals surface area (Å²) in [7, 11) is 0. The third-order valence-electron chi connectivity index (χ3n) is 2.50. The Morgan fingerprint density at radius 3 is 2.06 bits per heavy atom. The lowest BCUT2D eigenvalue weighted by atomic mass is 9.97. The van der Waals surface area contributed by atoms with Crippen LogP contribution in [0.25, 0.3) is 0 Å². The number of ether oxygens (including phenoxy) is 1. The van der Waals surface area contributed by atoms with Crippen molar-refractivity contribution >= 4 is 0 Å². The van der Waals surface area contributed by atoms with Crippen LogP contribution in [-0.4, -0.2) is 36.8 Å². The first-order chi connectivity index (χ1) is 7.35. The van der Waals surface area contributed by atoms with Gasteiger partial charge in [0.1, 0.15) is 6.61 Å². The molecule has 1 atom stereocenters. The Labute approximate surface area is 92.6 Å². The molecule has 1 N–H and O–H groups in total. The van der Waals surface area contributed by atoms with E-state index in [0.29, 0.717) is 12.8 Å². The molecule has 16 heavy (non-hydrogen) atoms. The first-order valence-electron chi connectivity index (χ1n) is 5.26. The van der Waals surface area contributed by atoms with Crippen molar-refractivity contribution in [3.63, 3.8) is 0 Å². The van der Waals surface area contributed by atoms with Gasteiger partial charge in [0.05, 0.1) is 12.7 Å². The fourth-order valence-corrected chi connectivity index (χ4v) is 1.35. The van der Waals surface area contributed by atoms with E-state index in [-0.39, 0.29) is 12.5 Å². The summed E-state index contributed by atoms with van der Waals surface area (Å²) >= 11 is 0.